The molecule has 0 aliphatic carbocycles. The van der Waals surface area contributed by atoms with Crippen molar-refractivity contribution in [2.45, 2.75) is 30.7 Å². The lowest BCUT2D eigenvalue weighted by molar-refractivity contribution is 0.220. The van der Waals surface area contributed by atoms with Crippen LogP contribution in [-0.2, 0) is 4.74 Å². The van der Waals surface area contributed by atoms with E-state index in [0.29, 0.717) is 6.04 Å². The zero-order chi connectivity index (χ0) is 13.5. The molecule has 0 fully saturated rings. The van der Waals surface area contributed by atoms with Gasteiger partial charge in [-0.1, -0.05) is 24.6 Å². The van der Waals surface area contributed by atoms with E-state index >= 15 is 0 Å². The van der Waals surface area contributed by atoms with Crippen LogP contribution in [0.25, 0.3) is 0 Å². The third-order valence-electron chi connectivity index (χ3n) is 3.07. The van der Waals surface area contributed by atoms with E-state index in [1.807, 2.05) is 36.2 Å². The second-order valence-corrected chi connectivity index (χ2v) is 6.08. The summed E-state index contributed by atoms with van der Waals surface area (Å²) in [4.78, 5) is 1.22. The second kappa shape index (κ2) is 7.83. The van der Waals surface area contributed by atoms with Crippen molar-refractivity contribution < 1.29 is 4.74 Å². The minimum atomic E-state index is 0.384. The van der Waals surface area contributed by atoms with Crippen LogP contribution in [0.4, 0.5) is 0 Å². The summed E-state index contributed by atoms with van der Waals surface area (Å²) >= 11 is 7.84. The maximum atomic E-state index is 6.01. The Hall–Kier alpha value is -0.640. The van der Waals surface area contributed by atoms with E-state index in [0.717, 1.165) is 36.8 Å². The lowest BCUT2D eigenvalue weighted by Crippen LogP contribution is -2.34. The molecule has 1 aromatic rings. The highest BCUT2D eigenvalue weighted by molar-refractivity contribution is 7.99. The second-order valence-electron chi connectivity index (χ2n) is 4.55. The topological polar surface area (TPSA) is 21.3 Å². The molecular weight excluding hydrogens is 278 g/mol. The van der Waals surface area contributed by atoms with E-state index in [2.05, 4.69) is 18.3 Å². The highest BCUT2D eigenvalue weighted by Gasteiger charge is 2.16. The summed E-state index contributed by atoms with van der Waals surface area (Å²) in [6.45, 7) is 3.96. The molecule has 4 heteroatoms. The summed E-state index contributed by atoms with van der Waals surface area (Å²) in [5, 5.41) is 4.33. The SMILES string of the molecule is CCNC(CSc1cccc(Cl)c1)C1=COCCC1. The molecule has 0 amide bonds. The van der Waals surface area contributed by atoms with Crippen molar-refractivity contribution in [2.75, 3.05) is 18.9 Å². The Bertz CT molecular complexity index is 436. The van der Waals surface area contributed by atoms with Gasteiger partial charge in [-0.05, 0) is 43.2 Å². The van der Waals surface area contributed by atoms with Crippen molar-refractivity contribution in [3.05, 3.63) is 41.1 Å². The smallest absolute Gasteiger partial charge is 0.0876 e. The molecule has 0 saturated carbocycles. The van der Waals surface area contributed by atoms with Crippen LogP contribution in [0.15, 0.2) is 41.0 Å². The molecule has 0 saturated heterocycles. The molecule has 1 heterocycles. The Morgan fingerprint density at radius 3 is 3.05 bits per heavy atom. The highest BCUT2D eigenvalue weighted by atomic mass is 35.5. The minimum absolute atomic E-state index is 0.384. The molecule has 1 atom stereocenters. The fourth-order valence-corrected chi connectivity index (χ4v) is 3.45. The van der Waals surface area contributed by atoms with Crippen LogP contribution in [0, 0.1) is 0 Å². The lowest BCUT2D eigenvalue weighted by Gasteiger charge is -2.23. The molecular formula is C15H20ClNOS. The molecule has 1 unspecified atom stereocenters. The first-order chi connectivity index (χ1) is 9.29. The van der Waals surface area contributed by atoms with Crippen molar-refractivity contribution in [1.29, 1.82) is 0 Å². The van der Waals surface area contributed by atoms with Crippen LogP contribution in [-0.4, -0.2) is 24.9 Å². The average Bonchev–Trinajstić information content (AvgIpc) is 2.44. The number of nitrogens with one attached hydrogen (secondary N) is 1. The Labute approximate surface area is 124 Å². The van der Waals surface area contributed by atoms with Gasteiger partial charge in [0.1, 0.15) is 0 Å². The highest BCUT2D eigenvalue weighted by Crippen LogP contribution is 2.25. The van der Waals surface area contributed by atoms with Gasteiger partial charge in [0.2, 0.25) is 0 Å². The fraction of sp³-hybridized carbons (Fsp3) is 0.467. The molecule has 19 heavy (non-hydrogen) atoms. The lowest BCUT2D eigenvalue weighted by atomic mass is 10.0. The van der Waals surface area contributed by atoms with E-state index in [1.54, 1.807) is 0 Å². The van der Waals surface area contributed by atoms with Crippen molar-refractivity contribution in [3.8, 4) is 0 Å². The average molecular weight is 298 g/mol. The molecule has 0 aromatic heterocycles. The van der Waals surface area contributed by atoms with Gasteiger partial charge in [0, 0.05) is 21.7 Å². The maximum absolute atomic E-state index is 6.01. The molecule has 0 radical (unpaired) electrons. The Kier molecular flexibility index (Phi) is 6.08. The van der Waals surface area contributed by atoms with E-state index in [-0.39, 0.29) is 0 Å². The van der Waals surface area contributed by atoms with Gasteiger partial charge < -0.3 is 10.1 Å². The molecule has 0 bridgehead atoms. The summed E-state index contributed by atoms with van der Waals surface area (Å²) in [7, 11) is 0. The van der Waals surface area contributed by atoms with Crippen molar-refractivity contribution in [1.82, 2.24) is 5.32 Å². The molecule has 1 aliphatic rings. The van der Waals surface area contributed by atoms with Gasteiger partial charge in [0.05, 0.1) is 12.9 Å². The van der Waals surface area contributed by atoms with Gasteiger partial charge in [-0.3, -0.25) is 0 Å². The molecule has 104 valence electrons. The number of benzene rings is 1. The van der Waals surface area contributed by atoms with Crippen molar-refractivity contribution >= 4 is 23.4 Å². The normalized spacial score (nSPS) is 16.6. The number of thioether (sulfide) groups is 1. The summed E-state index contributed by atoms with van der Waals surface area (Å²) in [6.07, 6.45) is 4.19. The zero-order valence-corrected chi connectivity index (χ0v) is 12.8. The molecule has 2 nitrogen and oxygen atoms in total. The summed E-state index contributed by atoms with van der Waals surface area (Å²) in [5.74, 6) is 1.00. The van der Waals surface area contributed by atoms with Crippen LogP contribution in [0.3, 0.4) is 0 Å². The largest absolute Gasteiger partial charge is 0.501 e. The van der Waals surface area contributed by atoms with Gasteiger partial charge in [-0.25, -0.2) is 0 Å². The van der Waals surface area contributed by atoms with Crippen LogP contribution in [0.2, 0.25) is 5.02 Å². The Morgan fingerprint density at radius 1 is 1.47 bits per heavy atom. The number of hydrogen-bond donors (Lipinski definition) is 1. The number of ether oxygens (including phenoxy) is 1. The zero-order valence-electron chi connectivity index (χ0n) is 11.2. The first kappa shape index (κ1) is 14.8. The summed E-state index contributed by atoms with van der Waals surface area (Å²) in [5.41, 5.74) is 1.38. The third-order valence-corrected chi connectivity index (χ3v) is 4.40. The Morgan fingerprint density at radius 2 is 2.37 bits per heavy atom. The van der Waals surface area contributed by atoms with E-state index in [4.69, 9.17) is 16.3 Å². The van der Waals surface area contributed by atoms with Crippen molar-refractivity contribution in [3.63, 3.8) is 0 Å². The van der Waals surface area contributed by atoms with E-state index < -0.39 is 0 Å². The standard InChI is InChI=1S/C15H20ClNOS/c1-2-17-15(12-5-4-8-18-10-12)11-19-14-7-3-6-13(16)9-14/h3,6-7,9-10,15,17H,2,4-5,8,11H2,1H3. The summed E-state index contributed by atoms with van der Waals surface area (Å²) in [6, 6.07) is 8.40. The molecule has 2 rings (SSSR count). The number of hydrogen-bond acceptors (Lipinski definition) is 3. The van der Waals surface area contributed by atoms with Crippen LogP contribution < -0.4 is 5.32 Å². The first-order valence-electron chi connectivity index (χ1n) is 6.72. The van der Waals surface area contributed by atoms with Gasteiger partial charge >= 0.3 is 0 Å². The third kappa shape index (κ3) is 4.75. The minimum Gasteiger partial charge on any atom is -0.501 e. The van der Waals surface area contributed by atoms with Gasteiger partial charge in [-0.2, -0.15) is 0 Å². The number of halogens is 1. The predicted molar refractivity (Wildman–Crippen MR) is 82.9 cm³/mol. The fourth-order valence-electron chi connectivity index (χ4n) is 2.12. The van der Waals surface area contributed by atoms with Crippen molar-refractivity contribution in [2.24, 2.45) is 0 Å². The molecule has 1 N–H and O–H groups in total. The molecule has 0 spiro atoms. The van der Waals surface area contributed by atoms with Gasteiger partial charge in [0.25, 0.3) is 0 Å². The first-order valence-corrected chi connectivity index (χ1v) is 8.08. The predicted octanol–water partition coefficient (Wildman–Crippen LogP) is 4.10. The quantitative estimate of drug-likeness (QED) is 0.799. The van der Waals surface area contributed by atoms with Crippen LogP contribution >= 0.6 is 23.4 Å². The Balaban J connectivity index is 1.95. The van der Waals surface area contributed by atoms with E-state index in [9.17, 15) is 0 Å². The summed E-state index contributed by atoms with van der Waals surface area (Å²) < 4.78 is 5.45. The van der Waals surface area contributed by atoms with Crippen LogP contribution in [0.1, 0.15) is 19.8 Å². The molecule has 1 aliphatic heterocycles. The number of likely N-dealkylation sites (N-methyl/N-ethyl adjacent to an activating group) is 1. The maximum Gasteiger partial charge on any atom is 0.0876 e. The van der Waals surface area contributed by atoms with Gasteiger partial charge in [0.15, 0.2) is 0 Å². The van der Waals surface area contributed by atoms with Gasteiger partial charge in [-0.15, -0.1) is 11.8 Å². The monoisotopic (exact) mass is 297 g/mol. The van der Waals surface area contributed by atoms with Crippen LogP contribution in [0.5, 0.6) is 0 Å². The molecule has 1 aromatic carbocycles. The van der Waals surface area contributed by atoms with E-state index in [1.165, 1.54) is 10.5 Å². The number of rotatable bonds is 6.